The summed E-state index contributed by atoms with van der Waals surface area (Å²) < 4.78 is 68.6. The molecule has 0 bridgehead atoms. The summed E-state index contributed by atoms with van der Waals surface area (Å²) in [4.78, 5) is 8.02. The number of halogens is 5. The molecule has 0 radical (unpaired) electrons. The quantitative estimate of drug-likeness (QED) is 0.802. The van der Waals surface area contributed by atoms with Gasteiger partial charge in [0, 0.05) is 35.6 Å². The maximum atomic E-state index is 14.2. The Kier molecular flexibility index (Phi) is 4.91. The third-order valence-electron chi connectivity index (χ3n) is 4.58. The second-order valence-electron chi connectivity index (χ2n) is 6.93. The molecular weight excluding hydrogens is 381 g/mol. The number of pyridine rings is 1. The topological polar surface area (TPSA) is 50.9 Å². The fraction of sp³-hybridized carbons (Fsp3) is 0.368. The van der Waals surface area contributed by atoms with E-state index in [1.807, 2.05) is 0 Å². The molecule has 4 nitrogen and oxygen atoms in total. The summed E-state index contributed by atoms with van der Waals surface area (Å²) in [5, 5.41) is 9.96. The van der Waals surface area contributed by atoms with Crippen molar-refractivity contribution in [3.05, 3.63) is 47.1 Å². The van der Waals surface area contributed by atoms with E-state index < -0.39 is 29.0 Å². The Hall–Kier alpha value is -2.55. The molecule has 0 aliphatic heterocycles. The van der Waals surface area contributed by atoms with Gasteiger partial charge in [0.05, 0.1) is 5.35 Å². The zero-order valence-electron chi connectivity index (χ0n) is 15.2. The van der Waals surface area contributed by atoms with Crippen molar-refractivity contribution in [2.45, 2.75) is 44.5 Å². The monoisotopic (exact) mass is 399 g/mol. The van der Waals surface area contributed by atoms with Crippen LogP contribution in [0.15, 0.2) is 30.9 Å². The van der Waals surface area contributed by atoms with E-state index in [2.05, 4.69) is 16.5 Å². The van der Waals surface area contributed by atoms with Gasteiger partial charge in [-0.05, 0) is 32.8 Å². The average molecular weight is 399 g/mol. The summed E-state index contributed by atoms with van der Waals surface area (Å²) in [6, 6.07) is 0.998. The van der Waals surface area contributed by atoms with E-state index in [0.717, 1.165) is 31.2 Å². The van der Waals surface area contributed by atoms with Crippen LogP contribution in [0.1, 0.15) is 38.3 Å². The van der Waals surface area contributed by atoms with Gasteiger partial charge < -0.3 is 9.67 Å². The summed E-state index contributed by atoms with van der Waals surface area (Å²) in [5.74, 6) is -1.29. The van der Waals surface area contributed by atoms with Crippen LogP contribution in [0.2, 0.25) is 0 Å². The minimum Gasteiger partial charge on any atom is -0.376 e. The Bertz CT molecular complexity index is 1040. The summed E-state index contributed by atoms with van der Waals surface area (Å²) in [7, 11) is 0. The highest BCUT2D eigenvalue weighted by Crippen LogP contribution is 2.40. The second-order valence-corrected chi connectivity index (χ2v) is 6.93. The standard InChI is InChI=1S/C19H18F5N3O/c1-10(20)6-15-16(11(2)21)27(14-4-5-14)17(26-15)12-7-13(9-25-8-12)18(3,28)19(22,23)24/h6-9,14,28H,1,4-5H2,2-3H3. The highest BCUT2D eigenvalue weighted by atomic mass is 19.4. The number of hydrogen-bond donors (Lipinski definition) is 1. The van der Waals surface area contributed by atoms with Gasteiger partial charge in [-0.25, -0.2) is 13.8 Å². The summed E-state index contributed by atoms with van der Waals surface area (Å²) in [6.07, 6.45) is -0.323. The van der Waals surface area contributed by atoms with E-state index in [9.17, 15) is 27.1 Å². The lowest BCUT2D eigenvalue weighted by Gasteiger charge is -2.26. The van der Waals surface area contributed by atoms with Crippen LogP contribution in [0.25, 0.3) is 23.3 Å². The summed E-state index contributed by atoms with van der Waals surface area (Å²) >= 11 is 0. The number of nitrogens with zero attached hydrogens (tertiary/aromatic N) is 3. The zero-order valence-corrected chi connectivity index (χ0v) is 15.2. The number of allylic oxidation sites excluding steroid dienone is 1. The first kappa shape index (κ1) is 20.2. The molecule has 0 amide bonds. The van der Waals surface area contributed by atoms with Gasteiger partial charge in [0.15, 0.2) is 5.60 Å². The first-order valence-electron chi connectivity index (χ1n) is 8.49. The maximum Gasteiger partial charge on any atom is 0.421 e. The van der Waals surface area contributed by atoms with E-state index in [1.54, 1.807) is 0 Å². The molecule has 1 atom stereocenters. The van der Waals surface area contributed by atoms with Crippen LogP contribution >= 0.6 is 0 Å². The normalized spacial score (nSPS) is 18.8. The third kappa shape index (κ3) is 3.58. The fourth-order valence-corrected chi connectivity index (χ4v) is 2.93. The molecule has 0 saturated heterocycles. The molecule has 1 unspecified atom stereocenters. The van der Waals surface area contributed by atoms with Crippen LogP contribution in [0, 0.1) is 0 Å². The molecule has 150 valence electrons. The predicted octanol–water partition coefficient (Wildman–Crippen LogP) is 3.41. The second kappa shape index (κ2) is 6.80. The van der Waals surface area contributed by atoms with Crippen LogP contribution in [-0.4, -0.2) is 25.8 Å². The lowest BCUT2D eigenvalue weighted by Crippen LogP contribution is -2.39. The molecule has 1 aliphatic rings. The van der Waals surface area contributed by atoms with Crippen molar-refractivity contribution in [2.75, 3.05) is 0 Å². The molecule has 9 heteroatoms. The molecule has 28 heavy (non-hydrogen) atoms. The number of imidazole rings is 1. The number of rotatable bonds is 4. The molecule has 1 fully saturated rings. The predicted molar refractivity (Wildman–Crippen MR) is 93.5 cm³/mol. The number of aliphatic hydroxyl groups is 1. The smallest absolute Gasteiger partial charge is 0.376 e. The maximum absolute atomic E-state index is 14.2. The van der Waals surface area contributed by atoms with Gasteiger partial charge in [0.25, 0.3) is 0 Å². The van der Waals surface area contributed by atoms with Gasteiger partial charge in [-0.15, -0.1) is 0 Å². The van der Waals surface area contributed by atoms with Crippen molar-refractivity contribution in [1.82, 2.24) is 14.5 Å². The summed E-state index contributed by atoms with van der Waals surface area (Å²) in [6.45, 7) is 4.94. The lowest BCUT2D eigenvalue weighted by atomic mass is 9.96. The average Bonchev–Trinajstić information content (AvgIpc) is 3.34. The van der Waals surface area contributed by atoms with Gasteiger partial charge in [-0.3, -0.25) is 4.98 Å². The van der Waals surface area contributed by atoms with E-state index >= 15 is 0 Å². The van der Waals surface area contributed by atoms with Crippen molar-refractivity contribution in [3.63, 3.8) is 0 Å². The highest BCUT2D eigenvalue weighted by molar-refractivity contribution is 5.58. The third-order valence-corrected chi connectivity index (χ3v) is 4.58. The molecule has 2 aromatic heterocycles. The van der Waals surface area contributed by atoms with Crippen molar-refractivity contribution in [2.24, 2.45) is 0 Å². The molecule has 2 aromatic rings. The first-order valence-corrected chi connectivity index (χ1v) is 8.49. The van der Waals surface area contributed by atoms with Gasteiger partial charge in [-0.2, -0.15) is 13.2 Å². The Morgan fingerprint density at radius 3 is 2.43 bits per heavy atom. The van der Waals surface area contributed by atoms with Gasteiger partial charge in [0.1, 0.15) is 22.8 Å². The molecular formula is C19H18F5N3O. The van der Waals surface area contributed by atoms with Crippen LogP contribution in [0.4, 0.5) is 22.0 Å². The van der Waals surface area contributed by atoms with Crippen LogP contribution < -0.4 is 10.7 Å². The number of alkyl halides is 3. The number of aromatic nitrogens is 3. The van der Waals surface area contributed by atoms with Gasteiger partial charge in [-0.1, -0.05) is 6.58 Å². The highest BCUT2D eigenvalue weighted by Gasteiger charge is 2.51. The Balaban J connectivity index is 2.28. The Morgan fingerprint density at radius 2 is 1.93 bits per heavy atom. The van der Waals surface area contributed by atoms with Gasteiger partial charge >= 0.3 is 6.18 Å². The molecule has 2 heterocycles. The van der Waals surface area contributed by atoms with Crippen LogP contribution in [-0.2, 0) is 5.60 Å². The fourth-order valence-electron chi connectivity index (χ4n) is 2.93. The molecule has 0 aromatic carbocycles. The van der Waals surface area contributed by atoms with Crippen LogP contribution in [0.3, 0.4) is 0 Å². The molecule has 1 saturated carbocycles. The van der Waals surface area contributed by atoms with E-state index in [0.29, 0.717) is 6.92 Å². The van der Waals surface area contributed by atoms with Crippen LogP contribution in [0.5, 0.6) is 0 Å². The van der Waals surface area contributed by atoms with Gasteiger partial charge in [0.2, 0.25) is 0 Å². The van der Waals surface area contributed by atoms with Crippen molar-refractivity contribution in [3.8, 4) is 11.4 Å². The Labute approximate surface area is 157 Å². The number of hydrogen-bond acceptors (Lipinski definition) is 3. The largest absolute Gasteiger partial charge is 0.421 e. The molecule has 1 aliphatic carbocycles. The molecule has 3 rings (SSSR count). The zero-order chi connectivity index (χ0) is 20.9. The SMILES string of the molecule is C=C(F)C=c1nc(-c2cncc(C(C)(O)C(F)(F)F)c2)n(C2CC2)c1=C(C)F. The Morgan fingerprint density at radius 1 is 1.29 bits per heavy atom. The van der Waals surface area contributed by atoms with Crippen molar-refractivity contribution in [1.29, 1.82) is 0 Å². The van der Waals surface area contributed by atoms with E-state index in [4.69, 9.17) is 0 Å². The lowest BCUT2D eigenvalue weighted by molar-refractivity contribution is -0.259. The summed E-state index contributed by atoms with van der Waals surface area (Å²) in [5.41, 5.74) is -3.45. The van der Waals surface area contributed by atoms with E-state index in [1.165, 1.54) is 17.7 Å². The van der Waals surface area contributed by atoms with Crippen molar-refractivity contribution >= 4 is 11.9 Å². The minimum atomic E-state index is -4.92. The van der Waals surface area contributed by atoms with E-state index in [-0.39, 0.29) is 28.1 Å². The van der Waals surface area contributed by atoms with Crippen molar-refractivity contribution < 1.29 is 27.1 Å². The molecule has 1 N–H and O–H groups in total. The molecule has 0 spiro atoms. The first-order chi connectivity index (χ1) is 12.9. The minimum absolute atomic E-state index is 0.0117.